The van der Waals surface area contributed by atoms with Crippen LogP contribution in [-0.4, -0.2) is 19.6 Å². The van der Waals surface area contributed by atoms with Crippen LogP contribution in [0.4, 0.5) is 0 Å². The largest absolute Gasteiger partial charge is 0.507 e. The van der Waals surface area contributed by atoms with Crippen molar-refractivity contribution in [1.82, 2.24) is 14.5 Å². The summed E-state index contributed by atoms with van der Waals surface area (Å²) in [5.41, 5.74) is 16.0. The topological polar surface area (TPSA) is 50.9 Å². The molecule has 0 aliphatic rings. The molecule has 0 radical (unpaired) electrons. The number of nitrogens with zero attached hydrogens (tertiary/aromatic N) is 3. The van der Waals surface area contributed by atoms with Gasteiger partial charge in [-0.1, -0.05) is 157 Å². The van der Waals surface area contributed by atoms with Crippen molar-refractivity contribution >= 4 is 11.0 Å². The Morgan fingerprint density at radius 1 is 0.650 bits per heavy atom. The Morgan fingerprint density at radius 2 is 1.33 bits per heavy atom. The van der Waals surface area contributed by atoms with Crippen LogP contribution >= 0.6 is 0 Å². The van der Waals surface area contributed by atoms with Gasteiger partial charge in [0.15, 0.2) is 0 Å². The number of hydrogen-bond donors (Lipinski definition) is 1. The van der Waals surface area contributed by atoms with Gasteiger partial charge in [-0.3, -0.25) is 9.55 Å². The minimum atomic E-state index is -0.814. The fourth-order valence-corrected chi connectivity index (χ4v) is 7.80. The SMILES string of the molecule is [2H]C(C)(C)c1ccc(-n2c(-c3cc(C(C)(C)C)cc(C)c3O)nc3c(-c4[c-]c(-c5cc(-c6ccc(C)cc6)ccn5)cc(C(C)(C)C)c4)cccc32)c(-c2ccccc2)c1.[Pt]. The molecular formula is C55H54N3OPt-. The van der Waals surface area contributed by atoms with E-state index in [1.54, 1.807) is 0 Å². The van der Waals surface area contributed by atoms with Crippen LogP contribution in [0.1, 0.15) is 90.5 Å². The van der Waals surface area contributed by atoms with Gasteiger partial charge < -0.3 is 5.11 Å². The van der Waals surface area contributed by atoms with Crippen molar-refractivity contribution in [3.8, 4) is 67.5 Å². The van der Waals surface area contributed by atoms with Gasteiger partial charge in [0.2, 0.25) is 0 Å². The van der Waals surface area contributed by atoms with Crippen molar-refractivity contribution in [2.24, 2.45) is 0 Å². The van der Waals surface area contributed by atoms with E-state index in [1.165, 1.54) is 5.56 Å². The third-order valence-electron chi connectivity index (χ3n) is 11.4. The van der Waals surface area contributed by atoms with Gasteiger partial charge in [0.1, 0.15) is 11.6 Å². The van der Waals surface area contributed by atoms with Gasteiger partial charge in [-0.15, -0.1) is 29.3 Å². The van der Waals surface area contributed by atoms with Crippen LogP contribution in [0, 0.1) is 19.9 Å². The molecule has 0 spiro atoms. The summed E-state index contributed by atoms with van der Waals surface area (Å²) in [5, 5.41) is 12.0. The number of pyridine rings is 1. The number of aromatic hydroxyl groups is 1. The molecule has 0 bridgehead atoms. The summed E-state index contributed by atoms with van der Waals surface area (Å²) in [6.45, 7) is 21.2. The zero-order chi connectivity index (χ0) is 42.7. The second kappa shape index (κ2) is 16.5. The smallest absolute Gasteiger partial charge is 0.148 e. The number of phenols is 1. The quantitative estimate of drug-likeness (QED) is 0.162. The van der Waals surface area contributed by atoms with Crippen LogP contribution in [0.5, 0.6) is 5.75 Å². The summed E-state index contributed by atoms with van der Waals surface area (Å²) >= 11 is 0. The van der Waals surface area contributed by atoms with E-state index in [-0.39, 0.29) is 37.6 Å². The molecule has 0 unspecified atom stereocenters. The Balaban J connectivity index is 0.00000561. The molecule has 8 rings (SSSR count). The van der Waals surface area contributed by atoms with Crippen molar-refractivity contribution in [1.29, 1.82) is 0 Å². The molecule has 60 heavy (non-hydrogen) atoms. The van der Waals surface area contributed by atoms with Crippen molar-refractivity contribution in [3.63, 3.8) is 0 Å². The van der Waals surface area contributed by atoms with Gasteiger partial charge in [0, 0.05) is 39.9 Å². The van der Waals surface area contributed by atoms with Crippen molar-refractivity contribution < 1.29 is 27.5 Å². The molecule has 0 saturated heterocycles. The standard InChI is InChI=1S/C55H54N3O.Pt/c1-34(2)39-23-24-49(46(31-39)38-15-12-11-13-16-38)58-50-18-14-17-45(51(50)57-53(58)47-33-43(54(5,6)7)27-36(4)52(47)59)41-28-42(30-44(29-41)55(8,9)10)48-32-40(25-26-56-48)37-21-19-35(3)20-22-37;/h11-27,29-34,59H,1-10H3;/q-1;/i34D;. The van der Waals surface area contributed by atoms with Crippen molar-refractivity contribution in [2.45, 2.75) is 86.0 Å². The fraction of sp³-hybridized carbons (Fsp3) is 0.236. The van der Waals surface area contributed by atoms with Gasteiger partial charge in [0.25, 0.3) is 0 Å². The fourth-order valence-electron chi connectivity index (χ4n) is 7.80. The van der Waals surface area contributed by atoms with Crippen LogP contribution in [0.15, 0.2) is 134 Å². The van der Waals surface area contributed by atoms with Crippen LogP contribution in [0.2, 0.25) is 0 Å². The second-order valence-corrected chi connectivity index (χ2v) is 18.2. The molecule has 6 aromatic carbocycles. The van der Waals surface area contributed by atoms with Crippen LogP contribution in [-0.2, 0) is 31.9 Å². The number of aryl methyl sites for hydroxylation is 2. The van der Waals surface area contributed by atoms with Crippen LogP contribution < -0.4 is 0 Å². The van der Waals surface area contributed by atoms with Gasteiger partial charge in [-0.2, -0.15) is 0 Å². The minimum Gasteiger partial charge on any atom is -0.507 e. The molecule has 0 amide bonds. The van der Waals surface area contributed by atoms with E-state index < -0.39 is 5.89 Å². The molecule has 5 heteroatoms. The number of benzene rings is 6. The summed E-state index contributed by atoms with van der Waals surface area (Å²) in [6.07, 6.45) is 1.88. The maximum absolute atomic E-state index is 12.0. The third-order valence-corrected chi connectivity index (χ3v) is 11.4. The summed E-state index contributed by atoms with van der Waals surface area (Å²) in [5.74, 6) is 0.0271. The molecule has 0 aliphatic carbocycles. The van der Waals surface area contributed by atoms with Gasteiger partial charge in [-0.05, 0) is 94.3 Å². The van der Waals surface area contributed by atoms with E-state index in [1.807, 2.05) is 45.2 Å². The van der Waals surface area contributed by atoms with Gasteiger partial charge in [0.05, 0.1) is 22.3 Å². The van der Waals surface area contributed by atoms with E-state index in [0.29, 0.717) is 11.4 Å². The molecule has 0 saturated carbocycles. The molecule has 2 heterocycles. The number of phenolic OH excluding ortho intramolecular Hbond substituents is 1. The zero-order valence-electron chi connectivity index (χ0n) is 37.3. The molecule has 0 fully saturated rings. The first-order valence-electron chi connectivity index (χ1n) is 21.0. The molecule has 8 aromatic rings. The van der Waals surface area contributed by atoms with Crippen LogP contribution in [0.3, 0.4) is 0 Å². The normalized spacial score (nSPS) is 12.3. The maximum atomic E-state index is 12.0. The predicted octanol–water partition coefficient (Wildman–Crippen LogP) is 14.6. The Morgan fingerprint density at radius 3 is 2.02 bits per heavy atom. The number of fused-ring (bicyclic) bond motifs is 1. The predicted molar refractivity (Wildman–Crippen MR) is 248 cm³/mol. The first-order valence-corrected chi connectivity index (χ1v) is 20.5. The molecule has 0 atom stereocenters. The van der Waals surface area contributed by atoms with E-state index >= 15 is 0 Å². The van der Waals surface area contributed by atoms with Crippen molar-refractivity contribution in [2.75, 3.05) is 0 Å². The Labute approximate surface area is 372 Å². The van der Waals surface area contributed by atoms with Gasteiger partial charge >= 0.3 is 0 Å². The third kappa shape index (κ3) is 8.28. The van der Waals surface area contributed by atoms with E-state index in [9.17, 15) is 5.11 Å². The average Bonchev–Trinajstić information content (AvgIpc) is 3.60. The van der Waals surface area contributed by atoms with Crippen molar-refractivity contribution in [3.05, 3.63) is 167 Å². The monoisotopic (exact) mass is 968 g/mol. The second-order valence-electron chi connectivity index (χ2n) is 18.2. The van der Waals surface area contributed by atoms with E-state index in [0.717, 1.165) is 83.6 Å². The first-order chi connectivity index (χ1) is 28.4. The zero-order valence-corrected chi connectivity index (χ0v) is 38.6. The minimum absolute atomic E-state index is 0. The van der Waals surface area contributed by atoms with Gasteiger partial charge in [-0.25, -0.2) is 4.98 Å². The Hall–Kier alpha value is -5.57. The maximum Gasteiger partial charge on any atom is 0.148 e. The number of imidazole rings is 1. The average molecular weight is 969 g/mol. The number of aromatic nitrogens is 3. The molecule has 4 nitrogen and oxygen atoms in total. The number of hydrogen-bond acceptors (Lipinski definition) is 3. The molecular weight excluding hydrogens is 914 g/mol. The van der Waals surface area contributed by atoms with Crippen LogP contribution in [0.25, 0.3) is 72.7 Å². The number of rotatable bonds is 7. The van der Waals surface area contributed by atoms with E-state index in [2.05, 4.69) is 168 Å². The molecule has 2 aromatic heterocycles. The Bertz CT molecular complexity index is 2890. The molecule has 1 N–H and O–H groups in total. The van der Waals surface area contributed by atoms with E-state index in [4.69, 9.17) is 11.3 Å². The summed E-state index contributed by atoms with van der Waals surface area (Å²) in [4.78, 5) is 10.4. The Kier molecular flexibility index (Phi) is 11.3. The summed E-state index contributed by atoms with van der Waals surface area (Å²) in [6, 6.07) is 48.2. The summed E-state index contributed by atoms with van der Waals surface area (Å²) in [7, 11) is 0. The summed E-state index contributed by atoms with van der Waals surface area (Å²) < 4.78 is 11.2. The first kappa shape index (κ1) is 41.2. The number of para-hydroxylation sites is 1. The molecule has 0 aliphatic heterocycles. The molecule has 306 valence electrons.